The minimum absolute atomic E-state index is 0.0739. The number of benzene rings is 2. The molecule has 3 heterocycles. The number of rotatable bonds is 5. The van der Waals surface area contributed by atoms with Gasteiger partial charge in [-0.1, -0.05) is 24.3 Å². The van der Waals surface area contributed by atoms with Crippen molar-refractivity contribution >= 4 is 28.3 Å². The summed E-state index contributed by atoms with van der Waals surface area (Å²) in [6.07, 6.45) is 1.67. The first-order chi connectivity index (χ1) is 16.9. The Hall–Kier alpha value is -3.78. The van der Waals surface area contributed by atoms with Gasteiger partial charge < -0.3 is 15.0 Å². The van der Waals surface area contributed by atoms with Crippen molar-refractivity contribution in [1.29, 1.82) is 0 Å². The van der Waals surface area contributed by atoms with E-state index in [9.17, 15) is 9.18 Å². The zero-order valence-electron chi connectivity index (χ0n) is 20.1. The van der Waals surface area contributed by atoms with E-state index in [1.165, 1.54) is 6.07 Å². The number of fused-ring (bicyclic) bond motifs is 1. The maximum absolute atomic E-state index is 14.9. The SMILES string of the molecule is Cc1ccccc1-c1cc(C(=O)Nc2ccc(N3CCOCC3)c(F)c2)c2cnn(C(C)C)c2n1. The van der Waals surface area contributed by atoms with Gasteiger partial charge in [0.05, 0.1) is 41.7 Å². The fourth-order valence-electron chi connectivity index (χ4n) is 4.43. The number of nitrogens with zero attached hydrogens (tertiary/aromatic N) is 4. The van der Waals surface area contributed by atoms with E-state index in [-0.39, 0.29) is 17.8 Å². The molecule has 0 atom stereocenters. The normalized spacial score (nSPS) is 14.0. The van der Waals surface area contributed by atoms with Gasteiger partial charge in [0.25, 0.3) is 5.91 Å². The monoisotopic (exact) mass is 473 g/mol. The summed E-state index contributed by atoms with van der Waals surface area (Å²) in [5.41, 5.74) is 4.68. The molecular formula is C27H28FN5O2. The number of hydrogen-bond acceptors (Lipinski definition) is 5. The van der Waals surface area contributed by atoms with E-state index in [4.69, 9.17) is 9.72 Å². The number of ether oxygens (including phenoxy) is 1. The number of halogens is 1. The number of carbonyl (C=O) groups is 1. The molecule has 1 fully saturated rings. The summed E-state index contributed by atoms with van der Waals surface area (Å²) in [7, 11) is 0. The Labute approximate surface area is 203 Å². The van der Waals surface area contributed by atoms with Gasteiger partial charge >= 0.3 is 0 Å². The molecule has 0 saturated carbocycles. The number of aryl methyl sites for hydroxylation is 1. The van der Waals surface area contributed by atoms with Gasteiger partial charge in [-0.25, -0.2) is 14.1 Å². The first kappa shape index (κ1) is 23.0. The molecule has 1 aliphatic heterocycles. The molecule has 0 radical (unpaired) electrons. The van der Waals surface area contributed by atoms with Crippen LogP contribution in [-0.2, 0) is 4.74 Å². The molecule has 0 unspecified atom stereocenters. The van der Waals surface area contributed by atoms with E-state index < -0.39 is 0 Å². The third-order valence-corrected chi connectivity index (χ3v) is 6.28. The van der Waals surface area contributed by atoms with Crippen LogP contribution in [0.1, 0.15) is 35.8 Å². The lowest BCUT2D eigenvalue weighted by Crippen LogP contribution is -2.36. The highest BCUT2D eigenvalue weighted by atomic mass is 19.1. The molecule has 8 heteroatoms. The number of aromatic nitrogens is 3. The second-order valence-electron chi connectivity index (χ2n) is 9.01. The average Bonchev–Trinajstić information content (AvgIpc) is 3.29. The van der Waals surface area contributed by atoms with E-state index in [0.717, 1.165) is 11.1 Å². The Morgan fingerprint density at radius 2 is 1.89 bits per heavy atom. The molecule has 5 rings (SSSR count). The van der Waals surface area contributed by atoms with Crippen LogP contribution in [0.25, 0.3) is 22.3 Å². The minimum atomic E-state index is -0.377. The molecular weight excluding hydrogens is 445 g/mol. The zero-order chi connectivity index (χ0) is 24.5. The smallest absolute Gasteiger partial charge is 0.256 e. The molecule has 0 aliphatic carbocycles. The van der Waals surface area contributed by atoms with Gasteiger partial charge in [0.15, 0.2) is 5.65 Å². The summed E-state index contributed by atoms with van der Waals surface area (Å²) in [5.74, 6) is -0.716. The molecule has 1 saturated heterocycles. The van der Waals surface area contributed by atoms with Crippen molar-refractivity contribution in [2.45, 2.75) is 26.8 Å². The van der Waals surface area contributed by atoms with Gasteiger partial charge in [-0.15, -0.1) is 0 Å². The summed E-state index contributed by atoms with van der Waals surface area (Å²) in [6.45, 7) is 8.48. The maximum Gasteiger partial charge on any atom is 0.256 e. The second kappa shape index (κ2) is 9.46. The molecule has 4 aromatic rings. The van der Waals surface area contributed by atoms with Crippen molar-refractivity contribution in [2.75, 3.05) is 36.5 Å². The fraction of sp³-hybridized carbons (Fsp3) is 0.296. The Morgan fingerprint density at radius 3 is 2.60 bits per heavy atom. The van der Waals surface area contributed by atoms with E-state index in [1.54, 1.807) is 24.4 Å². The highest BCUT2D eigenvalue weighted by Gasteiger charge is 2.20. The van der Waals surface area contributed by atoms with E-state index in [0.29, 0.717) is 60.0 Å². The van der Waals surface area contributed by atoms with Crippen LogP contribution in [0.15, 0.2) is 54.7 Å². The molecule has 0 bridgehead atoms. The Balaban J connectivity index is 1.52. The molecule has 2 aromatic heterocycles. The summed E-state index contributed by atoms with van der Waals surface area (Å²) in [6, 6.07) is 14.6. The zero-order valence-corrected chi connectivity index (χ0v) is 20.1. The largest absolute Gasteiger partial charge is 0.378 e. The predicted molar refractivity (Wildman–Crippen MR) is 135 cm³/mol. The number of nitrogens with one attached hydrogen (secondary N) is 1. The van der Waals surface area contributed by atoms with E-state index in [1.807, 2.05) is 54.6 Å². The Bertz CT molecular complexity index is 1390. The van der Waals surface area contributed by atoms with Gasteiger partial charge in [0.2, 0.25) is 0 Å². The third-order valence-electron chi connectivity index (χ3n) is 6.28. The molecule has 0 spiro atoms. The van der Waals surface area contributed by atoms with Crippen molar-refractivity contribution < 1.29 is 13.9 Å². The van der Waals surface area contributed by atoms with Crippen LogP contribution in [0.5, 0.6) is 0 Å². The standard InChI is InChI=1S/C27H28FN5O2/c1-17(2)33-26-22(16-29-33)21(15-24(31-26)20-7-5-4-6-18(20)3)27(34)30-19-8-9-25(23(28)14-19)32-10-12-35-13-11-32/h4-9,14-17H,10-13H2,1-3H3,(H,30,34). The summed E-state index contributed by atoms with van der Waals surface area (Å²) >= 11 is 0. The second-order valence-corrected chi connectivity index (χ2v) is 9.01. The topological polar surface area (TPSA) is 72.3 Å². The Kier molecular flexibility index (Phi) is 6.21. The van der Waals surface area contributed by atoms with Gasteiger partial charge in [-0.05, 0) is 50.6 Å². The number of carbonyl (C=O) groups excluding carboxylic acids is 1. The molecule has 1 aliphatic rings. The number of morpholine rings is 1. The van der Waals surface area contributed by atoms with Gasteiger partial charge in [0.1, 0.15) is 5.82 Å². The van der Waals surface area contributed by atoms with Crippen molar-refractivity contribution in [3.8, 4) is 11.3 Å². The van der Waals surface area contributed by atoms with Gasteiger partial charge in [-0.2, -0.15) is 5.10 Å². The van der Waals surface area contributed by atoms with E-state index >= 15 is 0 Å². The number of hydrogen-bond donors (Lipinski definition) is 1. The lowest BCUT2D eigenvalue weighted by atomic mass is 10.0. The van der Waals surface area contributed by atoms with Crippen LogP contribution < -0.4 is 10.2 Å². The third kappa shape index (κ3) is 4.49. The number of anilines is 2. The highest BCUT2D eigenvalue weighted by molar-refractivity contribution is 6.12. The summed E-state index contributed by atoms with van der Waals surface area (Å²) in [4.78, 5) is 20.3. The molecule has 1 amide bonds. The van der Waals surface area contributed by atoms with Crippen LogP contribution in [0.3, 0.4) is 0 Å². The fourth-order valence-corrected chi connectivity index (χ4v) is 4.43. The van der Waals surface area contributed by atoms with Gasteiger partial charge in [0, 0.05) is 30.4 Å². The molecule has 180 valence electrons. The van der Waals surface area contributed by atoms with Crippen LogP contribution in [-0.4, -0.2) is 47.0 Å². The van der Waals surface area contributed by atoms with Crippen LogP contribution >= 0.6 is 0 Å². The van der Waals surface area contributed by atoms with Crippen LogP contribution in [0, 0.1) is 12.7 Å². The van der Waals surface area contributed by atoms with Crippen molar-refractivity contribution in [2.24, 2.45) is 0 Å². The molecule has 2 aromatic carbocycles. The average molecular weight is 474 g/mol. The van der Waals surface area contributed by atoms with Gasteiger partial charge in [-0.3, -0.25) is 4.79 Å². The number of pyridine rings is 1. The molecule has 35 heavy (non-hydrogen) atoms. The lowest BCUT2D eigenvalue weighted by Gasteiger charge is -2.29. The molecule has 7 nitrogen and oxygen atoms in total. The lowest BCUT2D eigenvalue weighted by molar-refractivity contribution is 0.102. The quantitative estimate of drug-likeness (QED) is 0.431. The van der Waals surface area contributed by atoms with Crippen molar-refractivity contribution in [1.82, 2.24) is 14.8 Å². The minimum Gasteiger partial charge on any atom is -0.378 e. The summed E-state index contributed by atoms with van der Waals surface area (Å²) < 4.78 is 22.1. The first-order valence-corrected chi connectivity index (χ1v) is 11.8. The number of amides is 1. The van der Waals surface area contributed by atoms with Crippen molar-refractivity contribution in [3.63, 3.8) is 0 Å². The first-order valence-electron chi connectivity index (χ1n) is 11.8. The van der Waals surface area contributed by atoms with Crippen molar-refractivity contribution in [3.05, 3.63) is 71.7 Å². The highest BCUT2D eigenvalue weighted by Crippen LogP contribution is 2.29. The maximum atomic E-state index is 14.9. The van der Waals surface area contributed by atoms with Crippen LogP contribution in [0.4, 0.5) is 15.8 Å². The predicted octanol–water partition coefficient (Wildman–Crippen LogP) is 5.22. The van der Waals surface area contributed by atoms with Crippen LogP contribution in [0.2, 0.25) is 0 Å². The summed E-state index contributed by atoms with van der Waals surface area (Å²) in [5, 5.41) is 8.00. The molecule has 1 N–H and O–H groups in total. The Morgan fingerprint density at radius 1 is 1.11 bits per heavy atom. The van der Waals surface area contributed by atoms with E-state index in [2.05, 4.69) is 10.4 Å².